The van der Waals surface area contributed by atoms with Gasteiger partial charge in [-0.15, -0.1) is 0 Å². The number of rotatable bonds is 4. The quantitative estimate of drug-likeness (QED) is 0.655. The van der Waals surface area contributed by atoms with Crippen LogP contribution >= 0.6 is 0 Å². The molecular weight excluding hydrogens is 265 g/mol. The smallest absolute Gasteiger partial charge is 0.353 e. The maximum absolute atomic E-state index is 13.2. The number of hydrogen-bond donors (Lipinski definition) is 2. The molecule has 3 N–H and O–H groups in total. The van der Waals surface area contributed by atoms with Gasteiger partial charge in [-0.25, -0.2) is 14.4 Å². The second-order valence-electron chi connectivity index (χ2n) is 4.13. The van der Waals surface area contributed by atoms with Crippen molar-refractivity contribution in [3.63, 3.8) is 0 Å². The van der Waals surface area contributed by atoms with Crippen molar-refractivity contribution in [2.75, 3.05) is 11.1 Å². The summed E-state index contributed by atoms with van der Waals surface area (Å²) in [6, 6.07) is 5.55. The Morgan fingerprint density at radius 3 is 2.85 bits per heavy atom. The molecule has 0 saturated heterocycles. The summed E-state index contributed by atoms with van der Waals surface area (Å²) in [5, 5.41) is 13.8. The van der Waals surface area contributed by atoms with Crippen LogP contribution in [-0.2, 0) is 0 Å². The third-order valence-corrected chi connectivity index (χ3v) is 2.74. The van der Waals surface area contributed by atoms with Crippen molar-refractivity contribution in [1.82, 2.24) is 9.97 Å². The molecule has 0 aliphatic heterocycles. The fourth-order valence-electron chi connectivity index (χ4n) is 1.74. The van der Waals surface area contributed by atoms with E-state index in [1.807, 2.05) is 0 Å². The van der Waals surface area contributed by atoms with Crippen molar-refractivity contribution in [2.45, 2.75) is 13.0 Å². The molecule has 1 aromatic carbocycles. The average molecular weight is 277 g/mol. The molecule has 20 heavy (non-hydrogen) atoms. The predicted molar refractivity (Wildman–Crippen MR) is 71.5 cm³/mol. The highest BCUT2D eigenvalue weighted by molar-refractivity contribution is 5.67. The molecule has 7 nitrogen and oxygen atoms in total. The Hall–Kier alpha value is -2.77. The van der Waals surface area contributed by atoms with Crippen molar-refractivity contribution >= 4 is 17.3 Å². The van der Waals surface area contributed by atoms with Crippen LogP contribution in [0.3, 0.4) is 0 Å². The minimum Gasteiger partial charge on any atom is -0.378 e. The van der Waals surface area contributed by atoms with E-state index in [-0.39, 0.29) is 23.5 Å². The normalized spacial score (nSPS) is 11.9. The maximum atomic E-state index is 13.2. The molecule has 0 aliphatic carbocycles. The first kappa shape index (κ1) is 13.7. The van der Waals surface area contributed by atoms with Gasteiger partial charge in [-0.2, -0.15) is 0 Å². The second-order valence-corrected chi connectivity index (χ2v) is 4.13. The molecule has 1 heterocycles. The van der Waals surface area contributed by atoms with E-state index in [4.69, 9.17) is 5.73 Å². The first-order valence-electron chi connectivity index (χ1n) is 5.76. The van der Waals surface area contributed by atoms with E-state index in [0.717, 1.165) is 6.33 Å². The van der Waals surface area contributed by atoms with Crippen LogP contribution < -0.4 is 11.1 Å². The molecule has 1 aromatic heterocycles. The van der Waals surface area contributed by atoms with Crippen molar-refractivity contribution in [2.24, 2.45) is 0 Å². The van der Waals surface area contributed by atoms with Crippen LogP contribution in [0.5, 0.6) is 0 Å². The maximum Gasteiger partial charge on any atom is 0.353 e. The summed E-state index contributed by atoms with van der Waals surface area (Å²) in [5.41, 5.74) is 5.71. The number of nitrogens with one attached hydrogen (secondary N) is 1. The number of nitrogens with zero attached hydrogens (tertiary/aromatic N) is 3. The van der Waals surface area contributed by atoms with Crippen LogP contribution in [0.15, 0.2) is 30.6 Å². The predicted octanol–water partition coefficient (Wildman–Crippen LogP) is 2.28. The second kappa shape index (κ2) is 5.47. The summed E-state index contributed by atoms with van der Waals surface area (Å²) >= 11 is 0. The zero-order chi connectivity index (χ0) is 14.7. The lowest BCUT2D eigenvalue weighted by molar-refractivity contribution is -0.383. The van der Waals surface area contributed by atoms with E-state index in [9.17, 15) is 14.5 Å². The Kier molecular flexibility index (Phi) is 3.74. The Labute approximate surface area is 113 Å². The first-order valence-corrected chi connectivity index (χ1v) is 5.76. The third kappa shape index (κ3) is 2.79. The molecule has 0 saturated carbocycles. The lowest BCUT2D eigenvalue weighted by Gasteiger charge is -2.15. The molecule has 104 valence electrons. The molecule has 1 atom stereocenters. The third-order valence-electron chi connectivity index (χ3n) is 2.74. The van der Waals surface area contributed by atoms with E-state index < -0.39 is 10.6 Å². The minimum absolute atomic E-state index is 0.000684. The summed E-state index contributed by atoms with van der Waals surface area (Å²) < 4.78 is 13.2. The zero-order valence-electron chi connectivity index (χ0n) is 10.6. The van der Waals surface area contributed by atoms with E-state index >= 15 is 0 Å². The van der Waals surface area contributed by atoms with Crippen LogP contribution in [-0.4, -0.2) is 14.9 Å². The first-order chi connectivity index (χ1) is 9.49. The summed E-state index contributed by atoms with van der Waals surface area (Å²) in [4.78, 5) is 17.7. The molecule has 0 radical (unpaired) electrons. The number of aromatic nitrogens is 2. The van der Waals surface area contributed by atoms with Gasteiger partial charge in [0.1, 0.15) is 12.1 Å². The summed E-state index contributed by atoms with van der Waals surface area (Å²) in [6.07, 6.45) is 1.13. The van der Waals surface area contributed by atoms with Crippen molar-refractivity contribution in [1.29, 1.82) is 0 Å². The Bertz CT molecular complexity index is 649. The Balaban J connectivity index is 2.30. The molecule has 0 bridgehead atoms. The molecule has 8 heteroatoms. The number of hydrogen-bond acceptors (Lipinski definition) is 6. The van der Waals surface area contributed by atoms with Gasteiger partial charge < -0.3 is 11.1 Å². The highest BCUT2D eigenvalue weighted by Gasteiger charge is 2.22. The van der Waals surface area contributed by atoms with Crippen LogP contribution in [0.25, 0.3) is 0 Å². The zero-order valence-corrected chi connectivity index (χ0v) is 10.6. The van der Waals surface area contributed by atoms with Crippen LogP contribution in [0.4, 0.5) is 21.7 Å². The number of halogens is 1. The molecule has 2 rings (SSSR count). The highest BCUT2D eigenvalue weighted by atomic mass is 19.1. The minimum atomic E-state index is -0.657. The van der Waals surface area contributed by atoms with E-state index in [2.05, 4.69) is 15.3 Å². The average Bonchev–Trinajstić information content (AvgIpc) is 2.38. The van der Waals surface area contributed by atoms with E-state index in [1.165, 1.54) is 12.1 Å². The number of nitrogens with two attached hydrogens (primary N) is 1. The molecule has 2 aromatic rings. The molecular formula is C12H12FN5O2. The van der Waals surface area contributed by atoms with Gasteiger partial charge in [-0.3, -0.25) is 10.1 Å². The topological polar surface area (TPSA) is 107 Å². The number of anilines is 2. The summed E-state index contributed by atoms with van der Waals surface area (Å²) in [5.74, 6) is -0.606. The molecule has 1 unspecified atom stereocenters. The van der Waals surface area contributed by atoms with Gasteiger partial charge in [0.05, 0.1) is 11.0 Å². The number of benzene rings is 1. The van der Waals surface area contributed by atoms with E-state index in [0.29, 0.717) is 5.56 Å². The van der Waals surface area contributed by atoms with Crippen LogP contribution in [0.2, 0.25) is 0 Å². The Morgan fingerprint density at radius 1 is 1.45 bits per heavy atom. The van der Waals surface area contributed by atoms with Gasteiger partial charge in [0.15, 0.2) is 0 Å². The SMILES string of the molecule is CC(Nc1ncnc(N)c1[N+](=O)[O-])c1cccc(F)c1. The van der Waals surface area contributed by atoms with Gasteiger partial charge in [0, 0.05) is 0 Å². The lowest BCUT2D eigenvalue weighted by atomic mass is 10.1. The van der Waals surface area contributed by atoms with Gasteiger partial charge in [-0.05, 0) is 24.6 Å². The molecule has 0 spiro atoms. The standard InChI is InChI=1S/C12H12FN5O2/c1-7(8-3-2-4-9(13)5-8)17-12-10(18(19)20)11(14)15-6-16-12/h2-7H,1H3,(H3,14,15,16,17). The van der Waals surface area contributed by atoms with Gasteiger partial charge in [0.2, 0.25) is 11.6 Å². The van der Waals surface area contributed by atoms with Gasteiger partial charge in [0.25, 0.3) is 0 Å². The monoisotopic (exact) mass is 277 g/mol. The lowest BCUT2D eigenvalue weighted by Crippen LogP contribution is -2.11. The summed E-state index contributed by atoms with van der Waals surface area (Å²) in [7, 11) is 0. The van der Waals surface area contributed by atoms with Crippen LogP contribution in [0, 0.1) is 15.9 Å². The number of nitrogen functional groups attached to an aromatic ring is 1. The molecule has 0 aliphatic rings. The van der Waals surface area contributed by atoms with E-state index in [1.54, 1.807) is 19.1 Å². The largest absolute Gasteiger partial charge is 0.378 e. The molecule has 0 amide bonds. The fraction of sp³-hybridized carbons (Fsp3) is 0.167. The van der Waals surface area contributed by atoms with Crippen molar-refractivity contribution in [3.05, 3.63) is 52.1 Å². The summed E-state index contributed by atoms with van der Waals surface area (Å²) in [6.45, 7) is 1.73. The van der Waals surface area contributed by atoms with Crippen molar-refractivity contribution < 1.29 is 9.31 Å². The van der Waals surface area contributed by atoms with Gasteiger partial charge >= 0.3 is 5.69 Å². The fourth-order valence-corrected chi connectivity index (χ4v) is 1.74. The van der Waals surface area contributed by atoms with Crippen molar-refractivity contribution in [3.8, 4) is 0 Å². The highest BCUT2D eigenvalue weighted by Crippen LogP contribution is 2.29. The van der Waals surface area contributed by atoms with Gasteiger partial charge in [-0.1, -0.05) is 12.1 Å². The Morgan fingerprint density at radius 2 is 2.20 bits per heavy atom. The molecule has 0 fully saturated rings. The number of nitro groups is 1. The van der Waals surface area contributed by atoms with Crippen LogP contribution in [0.1, 0.15) is 18.5 Å².